The van der Waals surface area contributed by atoms with Gasteiger partial charge in [0.1, 0.15) is 0 Å². The number of likely N-dealkylation sites (tertiary alicyclic amines) is 1. The van der Waals surface area contributed by atoms with Crippen LogP contribution in [0.4, 0.5) is 0 Å². The average Bonchev–Trinajstić information content (AvgIpc) is 2.50. The van der Waals surface area contributed by atoms with Crippen molar-refractivity contribution in [2.75, 3.05) is 39.9 Å². The normalized spacial score (nSPS) is 29.8. The third-order valence-electron chi connectivity index (χ3n) is 2.95. The molecule has 78 valence electrons. The maximum absolute atomic E-state index is 5.73. The van der Waals surface area contributed by atoms with Crippen molar-refractivity contribution < 1.29 is 4.74 Å². The van der Waals surface area contributed by atoms with Gasteiger partial charge in [0.15, 0.2) is 0 Å². The van der Waals surface area contributed by atoms with Crippen LogP contribution in [0.2, 0.25) is 0 Å². The van der Waals surface area contributed by atoms with Crippen molar-refractivity contribution >= 4 is 0 Å². The third-order valence-corrected chi connectivity index (χ3v) is 2.95. The van der Waals surface area contributed by atoms with E-state index in [-0.39, 0.29) is 0 Å². The first kappa shape index (κ1) is 11.0. The van der Waals surface area contributed by atoms with Gasteiger partial charge in [-0.05, 0) is 31.3 Å². The zero-order valence-electron chi connectivity index (χ0n) is 8.88. The smallest absolute Gasteiger partial charge is 0.0474 e. The molecule has 0 aliphatic carbocycles. The Hall–Kier alpha value is -0.120. The van der Waals surface area contributed by atoms with Crippen molar-refractivity contribution in [2.24, 2.45) is 11.1 Å². The highest BCUT2D eigenvalue weighted by atomic mass is 16.5. The standard InChI is InChI=1S/C10H22N2O/c1-10(8-11)4-6-12(9-10)5-3-7-13-2/h3-9,11H2,1-2H3. The second kappa shape index (κ2) is 4.94. The van der Waals surface area contributed by atoms with E-state index in [2.05, 4.69) is 11.8 Å². The molecule has 0 saturated carbocycles. The van der Waals surface area contributed by atoms with Crippen molar-refractivity contribution in [3.63, 3.8) is 0 Å². The van der Waals surface area contributed by atoms with Crippen LogP contribution in [0.3, 0.4) is 0 Å². The van der Waals surface area contributed by atoms with Gasteiger partial charge in [0.05, 0.1) is 0 Å². The highest BCUT2D eigenvalue weighted by Gasteiger charge is 2.31. The lowest BCUT2D eigenvalue weighted by Gasteiger charge is -2.22. The maximum atomic E-state index is 5.73. The van der Waals surface area contributed by atoms with Crippen molar-refractivity contribution in [1.29, 1.82) is 0 Å². The molecule has 3 heteroatoms. The molecule has 0 bridgehead atoms. The second-order valence-corrected chi connectivity index (χ2v) is 4.39. The highest BCUT2D eigenvalue weighted by molar-refractivity contribution is 4.86. The molecule has 0 aromatic rings. The summed E-state index contributed by atoms with van der Waals surface area (Å²) in [6.45, 7) is 7.49. The van der Waals surface area contributed by atoms with Gasteiger partial charge in [-0.25, -0.2) is 0 Å². The van der Waals surface area contributed by atoms with Gasteiger partial charge in [-0.15, -0.1) is 0 Å². The van der Waals surface area contributed by atoms with Gasteiger partial charge >= 0.3 is 0 Å². The van der Waals surface area contributed by atoms with E-state index < -0.39 is 0 Å². The predicted octanol–water partition coefficient (Wildman–Crippen LogP) is 0.694. The number of rotatable bonds is 5. The number of hydrogen-bond acceptors (Lipinski definition) is 3. The van der Waals surface area contributed by atoms with Crippen LogP contribution in [0, 0.1) is 5.41 Å². The lowest BCUT2D eigenvalue weighted by Crippen LogP contribution is -2.31. The van der Waals surface area contributed by atoms with E-state index in [9.17, 15) is 0 Å². The summed E-state index contributed by atoms with van der Waals surface area (Å²) in [7, 11) is 1.76. The Morgan fingerprint density at radius 1 is 1.54 bits per heavy atom. The zero-order chi connectivity index (χ0) is 9.73. The Balaban J connectivity index is 2.17. The summed E-state index contributed by atoms with van der Waals surface area (Å²) < 4.78 is 5.03. The van der Waals surface area contributed by atoms with Gasteiger partial charge in [-0.3, -0.25) is 0 Å². The van der Waals surface area contributed by atoms with Crippen LogP contribution in [0.25, 0.3) is 0 Å². The summed E-state index contributed by atoms with van der Waals surface area (Å²) in [5.41, 5.74) is 6.10. The first-order valence-electron chi connectivity index (χ1n) is 5.11. The minimum atomic E-state index is 0.368. The molecule has 0 aromatic heterocycles. The fourth-order valence-corrected chi connectivity index (χ4v) is 1.92. The average molecular weight is 186 g/mol. The number of hydrogen-bond donors (Lipinski definition) is 1. The maximum Gasteiger partial charge on any atom is 0.0474 e. The van der Waals surface area contributed by atoms with E-state index in [4.69, 9.17) is 10.5 Å². The molecular weight excluding hydrogens is 164 g/mol. The predicted molar refractivity (Wildman–Crippen MR) is 54.7 cm³/mol. The zero-order valence-corrected chi connectivity index (χ0v) is 8.88. The van der Waals surface area contributed by atoms with E-state index in [1.54, 1.807) is 7.11 Å². The quantitative estimate of drug-likeness (QED) is 0.642. The summed E-state index contributed by atoms with van der Waals surface area (Å²) in [5.74, 6) is 0. The van der Waals surface area contributed by atoms with Gasteiger partial charge in [0, 0.05) is 26.8 Å². The van der Waals surface area contributed by atoms with Crippen LogP contribution in [-0.2, 0) is 4.74 Å². The molecule has 1 aliphatic rings. The summed E-state index contributed by atoms with van der Waals surface area (Å²) >= 11 is 0. The minimum Gasteiger partial charge on any atom is -0.385 e. The van der Waals surface area contributed by atoms with E-state index >= 15 is 0 Å². The van der Waals surface area contributed by atoms with Crippen LogP contribution in [0.15, 0.2) is 0 Å². The third kappa shape index (κ3) is 3.25. The van der Waals surface area contributed by atoms with Crippen LogP contribution in [-0.4, -0.2) is 44.8 Å². The monoisotopic (exact) mass is 186 g/mol. The summed E-state index contributed by atoms with van der Waals surface area (Å²) in [5, 5.41) is 0. The molecule has 1 fully saturated rings. The van der Waals surface area contributed by atoms with Crippen molar-refractivity contribution in [3.8, 4) is 0 Å². The molecule has 0 spiro atoms. The molecule has 1 saturated heterocycles. The van der Waals surface area contributed by atoms with E-state index in [1.165, 1.54) is 13.0 Å². The van der Waals surface area contributed by atoms with Gasteiger partial charge in [-0.1, -0.05) is 6.92 Å². The van der Waals surface area contributed by atoms with Gasteiger partial charge in [-0.2, -0.15) is 0 Å². The topological polar surface area (TPSA) is 38.5 Å². The molecule has 0 aromatic carbocycles. The van der Waals surface area contributed by atoms with Crippen LogP contribution in [0.1, 0.15) is 19.8 Å². The van der Waals surface area contributed by atoms with Gasteiger partial charge < -0.3 is 15.4 Å². The number of nitrogens with zero attached hydrogens (tertiary/aromatic N) is 1. The first-order valence-corrected chi connectivity index (χ1v) is 5.11. The fraction of sp³-hybridized carbons (Fsp3) is 1.00. The molecule has 0 amide bonds. The Labute approximate surface area is 81.2 Å². The van der Waals surface area contributed by atoms with E-state index in [0.29, 0.717) is 5.41 Å². The molecule has 2 N–H and O–H groups in total. The SMILES string of the molecule is COCCCN1CCC(C)(CN)C1. The summed E-state index contributed by atoms with van der Waals surface area (Å²) in [6.07, 6.45) is 2.38. The minimum absolute atomic E-state index is 0.368. The lowest BCUT2D eigenvalue weighted by molar-refractivity contribution is 0.175. The van der Waals surface area contributed by atoms with Gasteiger partial charge in [0.25, 0.3) is 0 Å². The Morgan fingerprint density at radius 3 is 2.85 bits per heavy atom. The molecule has 1 heterocycles. The number of ether oxygens (including phenoxy) is 1. The van der Waals surface area contributed by atoms with E-state index in [1.807, 2.05) is 0 Å². The summed E-state index contributed by atoms with van der Waals surface area (Å²) in [4.78, 5) is 2.49. The van der Waals surface area contributed by atoms with Crippen molar-refractivity contribution in [3.05, 3.63) is 0 Å². The Bertz CT molecular complexity index is 152. The number of nitrogens with two attached hydrogens (primary N) is 1. The van der Waals surface area contributed by atoms with Crippen LogP contribution < -0.4 is 5.73 Å². The molecule has 1 unspecified atom stereocenters. The van der Waals surface area contributed by atoms with Gasteiger partial charge in [0.2, 0.25) is 0 Å². The molecular formula is C10H22N2O. The molecule has 0 radical (unpaired) electrons. The van der Waals surface area contributed by atoms with Crippen LogP contribution in [0.5, 0.6) is 0 Å². The Kier molecular flexibility index (Phi) is 4.16. The largest absolute Gasteiger partial charge is 0.385 e. The fourth-order valence-electron chi connectivity index (χ4n) is 1.92. The van der Waals surface area contributed by atoms with E-state index in [0.717, 1.165) is 32.7 Å². The summed E-state index contributed by atoms with van der Waals surface area (Å²) in [6, 6.07) is 0. The molecule has 13 heavy (non-hydrogen) atoms. The van der Waals surface area contributed by atoms with Crippen molar-refractivity contribution in [1.82, 2.24) is 4.90 Å². The molecule has 1 rings (SSSR count). The molecule has 1 aliphatic heterocycles. The molecule has 3 nitrogen and oxygen atoms in total. The second-order valence-electron chi connectivity index (χ2n) is 4.39. The lowest BCUT2D eigenvalue weighted by atomic mass is 9.90. The first-order chi connectivity index (χ1) is 6.20. The van der Waals surface area contributed by atoms with Crippen molar-refractivity contribution in [2.45, 2.75) is 19.8 Å². The highest BCUT2D eigenvalue weighted by Crippen LogP contribution is 2.28. The Morgan fingerprint density at radius 2 is 2.31 bits per heavy atom. The molecule has 1 atom stereocenters. The number of methoxy groups -OCH3 is 1. The van der Waals surface area contributed by atoms with Crippen LogP contribution >= 0.6 is 0 Å².